The van der Waals surface area contributed by atoms with Gasteiger partial charge in [-0.25, -0.2) is 4.39 Å². The van der Waals surface area contributed by atoms with Gasteiger partial charge in [-0.1, -0.05) is 23.8 Å². The van der Waals surface area contributed by atoms with Gasteiger partial charge in [-0.2, -0.15) is 0 Å². The number of aliphatic hydroxyl groups is 1. The Morgan fingerprint density at radius 2 is 1.77 bits per heavy atom. The van der Waals surface area contributed by atoms with E-state index in [0.29, 0.717) is 16.9 Å². The van der Waals surface area contributed by atoms with Crippen LogP contribution in [0.5, 0.6) is 0 Å². The third kappa shape index (κ3) is 3.26. The van der Waals surface area contributed by atoms with Crippen molar-refractivity contribution in [3.05, 3.63) is 101 Å². The highest BCUT2D eigenvalue weighted by Gasteiger charge is 2.47. The van der Waals surface area contributed by atoms with Crippen LogP contribution in [0.2, 0.25) is 0 Å². The molecule has 2 heterocycles. The van der Waals surface area contributed by atoms with E-state index in [1.54, 1.807) is 43.5 Å². The van der Waals surface area contributed by atoms with Crippen LogP contribution in [0.4, 0.5) is 10.1 Å². The molecule has 6 heteroatoms. The predicted molar refractivity (Wildman–Crippen MR) is 111 cm³/mol. The molecule has 30 heavy (non-hydrogen) atoms. The molecular formula is C24H19FN2O3. The molecular weight excluding hydrogens is 383 g/mol. The van der Waals surface area contributed by atoms with E-state index in [2.05, 4.69) is 4.98 Å². The third-order valence-electron chi connectivity index (χ3n) is 5.16. The summed E-state index contributed by atoms with van der Waals surface area (Å²) in [5.41, 5.74) is 2.47. The Labute approximate surface area is 173 Å². The average molecular weight is 402 g/mol. The van der Waals surface area contributed by atoms with Crippen LogP contribution in [0.3, 0.4) is 0 Å². The smallest absolute Gasteiger partial charge is 0.300 e. The Morgan fingerprint density at radius 3 is 2.40 bits per heavy atom. The normalized spacial score (nSPS) is 18.1. The number of carbonyl (C=O) groups excluding carboxylic acids is 2. The molecule has 1 aliphatic heterocycles. The monoisotopic (exact) mass is 402 g/mol. The Hall–Kier alpha value is -3.80. The molecule has 0 radical (unpaired) electrons. The van der Waals surface area contributed by atoms with Crippen LogP contribution in [0, 0.1) is 19.7 Å². The maximum atomic E-state index is 13.7. The molecule has 0 spiro atoms. The number of amides is 1. The molecule has 1 aromatic heterocycles. The number of aromatic nitrogens is 1. The molecule has 4 rings (SSSR count). The predicted octanol–water partition coefficient (Wildman–Crippen LogP) is 4.46. The molecule has 1 unspecified atom stereocenters. The number of anilines is 1. The lowest BCUT2D eigenvalue weighted by Crippen LogP contribution is -2.29. The highest BCUT2D eigenvalue weighted by Crippen LogP contribution is 2.41. The lowest BCUT2D eigenvalue weighted by atomic mass is 9.97. The van der Waals surface area contributed by atoms with Crippen molar-refractivity contribution in [1.82, 2.24) is 4.98 Å². The summed E-state index contributed by atoms with van der Waals surface area (Å²) in [7, 11) is 0. The van der Waals surface area contributed by atoms with Crippen LogP contribution in [-0.2, 0) is 9.59 Å². The Balaban J connectivity index is 1.94. The molecule has 0 aliphatic carbocycles. The van der Waals surface area contributed by atoms with Gasteiger partial charge in [0.2, 0.25) is 0 Å². The largest absolute Gasteiger partial charge is 0.507 e. The van der Waals surface area contributed by atoms with Gasteiger partial charge in [-0.3, -0.25) is 19.5 Å². The molecule has 3 aromatic rings. The fourth-order valence-corrected chi connectivity index (χ4v) is 3.57. The van der Waals surface area contributed by atoms with E-state index in [9.17, 15) is 19.1 Å². The zero-order valence-corrected chi connectivity index (χ0v) is 16.5. The summed E-state index contributed by atoms with van der Waals surface area (Å²) in [6.45, 7) is 3.48. The number of benzene rings is 2. The summed E-state index contributed by atoms with van der Waals surface area (Å²) in [6, 6.07) is 15.5. The number of carbonyl (C=O) groups is 2. The number of rotatable bonds is 3. The van der Waals surface area contributed by atoms with E-state index in [-0.39, 0.29) is 16.9 Å². The van der Waals surface area contributed by atoms with Crippen LogP contribution in [0.15, 0.2) is 72.4 Å². The van der Waals surface area contributed by atoms with Gasteiger partial charge in [0.15, 0.2) is 0 Å². The van der Waals surface area contributed by atoms with Gasteiger partial charge in [0.25, 0.3) is 11.7 Å². The topological polar surface area (TPSA) is 70.5 Å². The molecule has 1 aliphatic rings. The molecule has 5 nitrogen and oxygen atoms in total. The van der Waals surface area contributed by atoms with Crippen LogP contribution in [-0.4, -0.2) is 21.8 Å². The number of halogens is 1. The maximum absolute atomic E-state index is 13.7. The van der Waals surface area contributed by atoms with Gasteiger partial charge in [0, 0.05) is 17.4 Å². The van der Waals surface area contributed by atoms with E-state index >= 15 is 0 Å². The zero-order valence-electron chi connectivity index (χ0n) is 16.5. The number of aliphatic hydroxyl groups excluding tert-OH is 1. The van der Waals surface area contributed by atoms with Crippen molar-refractivity contribution >= 4 is 23.1 Å². The van der Waals surface area contributed by atoms with Crippen molar-refractivity contribution in [2.75, 3.05) is 4.90 Å². The lowest BCUT2D eigenvalue weighted by Gasteiger charge is -2.24. The second kappa shape index (κ2) is 7.55. The summed E-state index contributed by atoms with van der Waals surface area (Å²) in [4.78, 5) is 31.6. The van der Waals surface area contributed by atoms with Crippen LogP contribution in [0.25, 0.3) is 5.76 Å². The molecule has 1 N–H and O–H groups in total. The van der Waals surface area contributed by atoms with Gasteiger partial charge in [0.1, 0.15) is 17.6 Å². The summed E-state index contributed by atoms with van der Waals surface area (Å²) < 4.78 is 13.7. The SMILES string of the molecule is Cc1ccc(N2C(=O)C(=O)/C(=C(\O)c3ccc(F)c(C)c3)C2c2ccccn2)cc1. The number of pyridine rings is 1. The minimum absolute atomic E-state index is 0.0784. The minimum atomic E-state index is -0.903. The molecule has 0 saturated carbocycles. The van der Waals surface area contributed by atoms with Gasteiger partial charge in [-0.15, -0.1) is 0 Å². The number of ketones is 1. The number of hydrogen-bond acceptors (Lipinski definition) is 4. The van der Waals surface area contributed by atoms with Crippen molar-refractivity contribution in [2.24, 2.45) is 0 Å². The fourth-order valence-electron chi connectivity index (χ4n) is 3.57. The molecule has 150 valence electrons. The van der Waals surface area contributed by atoms with Crippen molar-refractivity contribution in [1.29, 1.82) is 0 Å². The molecule has 1 saturated heterocycles. The van der Waals surface area contributed by atoms with Gasteiger partial charge in [0.05, 0.1) is 11.3 Å². The fraction of sp³-hybridized carbons (Fsp3) is 0.125. The Bertz CT molecular complexity index is 1170. The summed E-state index contributed by atoms with van der Waals surface area (Å²) in [6.07, 6.45) is 1.56. The number of Topliss-reactive ketones (excluding diaryl/α,β-unsaturated/α-hetero) is 1. The zero-order chi connectivity index (χ0) is 21.4. The lowest BCUT2D eigenvalue weighted by molar-refractivity contribution is -0.132. The van der Waals surface area contributed by atoms with Crippen molar-refractivity contribution in [3.63, 3.8) is 0 Å². The summed E-state index contributed by atoms with van der Waals surface area (Å²) >= 11 is 0. The number of hydrogen-bond donors (Lipinski definition) is 1. The summed E-state index contributed by atoms with van der Waals surface area (Å²) in [5, 5.41) is 11.0. The van der Waals surface area contributed by atoms with Crippen LogP contribution in [0.1, 0.15) is 28.4 Å². The van der Waals surface area contributed by atoms with Crippen molar-refractivity contribution in [2.45, 2.75) is 19.9 Å². The quantitative estimate of drug-likeness (QED) is 0.399. The third-order valence-corrected chi connectivity index (χ3v) is 5.16. The first kappa shape index (κ1) is 19.5. The Kier molecular flexibility index (Phi) is 4.91. The molecule has 1 atom stereocenters. The molecule has 0 bridgehead atoms. The number of nitrogens with zero attached hydrogens (tertiary/aromatic N) is 2. The Morgan fingerprint density at radius 1 is 1.03 bits per heavy atom. The van der Waals surface area contributed by atoms with Gasteiger partial charge < -0.3 is 5.11 Å². The first-order valence-electron chi connectivity index (χ1n) is 9.43. The van der Waals surface area contributed by atoms with Gasteiger partial charge in [-0.05, 0) is 61.9 Å². The van der Waals surface area contributed by atoms with E-state index in [0.717, 1.165) is 5.56 Å². The maximum Gasteiger partial charge on any atom is 0.300 e. The average Bonchev–Trinajstić information content (AvgIpc) is 3.02. The minimum Gasteiger partial charge on any atom is -0.507 e. The highest BCUT2D eigenvalue weighted by molar-refractivity contribution is 6.51. The summed E-state index contributed by atoms with van der Waals surface area (Å²) in [5.74, 6) is -2.35. The highest BCUT2D eigenvalue weighted by atomic mass is 19.1. The van der Waals surface area contributed by atoms with Crippen LogP contribution >= 0.6 is 0 Å². The van der Waals surface area contributed by atoms with Crippen LogP contribution < -0.4 is 4.90 Å². The van der Waals surface area contributed by atoms with E-state index < -0.39 is 23.5 Å². The molecule has 2 aromatic carbocycles. The second-order valence-electron chi connectivity index (χ2n) is 7.22. The standard InChI is InChI=1S/C24H19FN2O3/c1-14-6-9-17(10-7-14)27-21(19-5-3-4-12-26-19)20(23(29)24(27)30)22(28)16-8-11-18(25)15(2)13-16/h3-13,21,28H,1-2H3/b22-20-. The van der Waals surface area contributed by atoms with Crippen molar-refractivity contribution < 1.29 is 19.1 Å². The first-order chi connectivity index (χ1) is 14.4. The van der Waals surface area contributed by atoms with E-state index in [1.165, 1.54) is 23.1 Å². The molecule has 1 amide bonds. The van der Waals surface area contributed by atoms with E-state index in [1.807, 2.05) is 19.1 Å². The molecule has 1 fully saturated rings. The van der Waals surface area contributed by atoms with Crippen molar-refractivity contribution in [3.8, 4) is 0 Å². The number of aryl methyl sites for hydroxylation is 2. The van der Waals surface area contributed by atoms with Gasteiger partial charge >= 0.3 is 0 Å². The second-order valence-corrected chi connectivity index (χ2v) is 7.22. The van der Waals surface area contributed by atoms with E-state index in [4.69, 9.17) is 0 Å². The first-order valence-corrected chi connectivity index (χ1v) is 9.43.